The summed E-state index contributed by atoms with van der Waals surface area (Å²) in [5.74, 6) is -1.66. The Morgan fingerprint density at radius 1 is 1.35 bits per heavy atom. The normalized spacial score (nSPS) is 25.3. The molecule has 0 aliphatic carbocycles. The lowest BCUT2D eigenvalue weighted by atomic mass is 9.77. The summed E-state index contributed by atoms with van der Waals surface area (Å²) in [6.45, 7) is 6.29. The first-order chi connectivity index (χ1) is 10.4. The number of nitrogens with zero attached hydrogens (tertiary/aromatic N) is 1. The Balaban J connectivity index is 3.05. The molecule has 8 heteroatoms. The van der Waals surface area contributed by atoms with Crippen LogP contribution in [0.5, 0.6) is 0 Å². The van der Waals surface area contributed by atoms with Crippen LogP contribution in [0.15, 0.2) is 0 Å². The van der Waals surface area contributed by atoms with E-state index in [9.17, 15) is 22.8 Å². The van der Waals surface area contributed by atoms with Crippen molar-refractivity contribution >= 4 is 11.9 Å². The molecule has 1 saturated heterocycles. The van der Waals surface area contributed by atoms with Crippen LogP contribution in [0.3, 0.4) is 0 Å². The summed E-state index contributed by atoms with van der Waals surface area (Å²) in [6.07, 6.45) is -6.74. The molecule has 0 saturated carbocycles. The Bertz CT molecular complexity index is 452. The molecule has 1 amide bonds. The molecule has 0 aromatic carbocycles. The standard InChI is InChI=1S/C15H24F3NO4/c1-9(2)7-14(4,8-11(20)21)13(22)19-5-6-23-12(10(19)3)15(16,17)18/h9-10,12H,5-8H2,1-4H3,(H,20,21). The highest BCUT2D eigenvalue weighted by Crippen LogP contribution is 2.36. The van der Waals surface area contributed by atoms with Gasteiger partial charge in [-0.05, 0) is 19.3 Å². The van der Waals surface area contributed by atoms with Gasteiger partial charge in [0.05, 0.1) is 24.5 Å². The van der Waals surface area contributed by atoms with Crippen molar-refractivity contribution in [2.45, 2.75) is 58.9 Å². The molecule has 0 bridgehead atoms. The molecule has 3 unspecified atom stereocenters. The second-order valence-electron chi connectivity index (χ2n) is 6.80. The minimum atomic E-state index is -4.57. The lowest BCUT2D eigenvalue weighted by Crippen LogP contribution is -2.60. The second kappa shape index (κ2) is 7.07. The topological polar surface area (TPSA) is 66.8 Å². The first-order valence-electron chi connectivity index (χ1n) is 7.59. The molecule has 1 heterocycles. The maximum atomic E-state index is 13.0. The van der Waals surface area contributed by atoms with Crippen LogP contribution in [-0.2, 0) is 14.3 Å². The van der Waals surface area contributed by atoms with Crippen molar-refractivity contribution in [1.29, 1.82) is 0 Å². The van der Waals surface area contributed by atoms with E-state index in [-0.39, 0.29) is 19.1 Å². The number of hydrogen-bond donors (Lipinski definition) is 1. The maximum Gasteiger partial charge on any atom is 0.416 e. The highest BCUT2D eigenvalue weighted by Gasteiger charge is 2.51. The lowest BCUT2D eigenvalue weighted by molar-refractivity contribution is -0.251. The SMILES string of the molecule is CC(C)CC(C)(CC(=O)O)C(=O)N1CCOC(C(F)(F)F)C1C. The van der Waals surface area contributed by atoms with E-state index in [1.165, 1.54) is 13.8 Å². The largest absolute Gasteiger partial charge is 0.481 e. The maximum absolute atomic E-state index is 13.0. The Kier molecular flexibility index (Phi) is 6.06. The Morgan fingerprint density at radius 2 is 1.91 bits per heavy atom. The fourth-order valence-corrected chi connectivity index (χ4v) is 3.26. The molecule has 1 aliphatic rings. The number of carboxylic acid groups (broad SMARTS) is 1. The molecular weight excluding hydrogens is 315 g/mol. The average molecular weight is 339 g/mol. The number of amides is 1. The van der Waals surface area contributed by atoms with Crippen LogP contribution in [0.1, 0.15) is 40.5 Å². The van der Waals surface area contributed by atoms with Gasteiger partial charge >= 0.3 is 12.1 Å². The summed E-state index contributed by atoms with van der Waals surface area (Å²) in [7, 11) is 0. The summed E-state index contributed by atoms with van der Waals surface area (Å²) in [5.41, 5.74) is -1.23. The number of rotatable bonds is 5. The fraction of sp³-hybridized carbons (Fsp3) is 0.867. The first-order valence-corrected chi connectivity index (χ1v) is 7.59. The van der Waals surface area contributed by atoms with E-state index in [0.717, 1.165) is 4.90 Å². The van der Waals surface area contributed by atoms with Crippen LogP contribution in [0.4, 0.5) is 13.2 Å². The van der Waals surface area contributed by atoms with Crippen molar-refractivity contribution in [2.24, 2.45) is 11.3 Å². The van der Waals surface area contributed by atoms with Gasteiger partial charge in [0.1, 0.15) is 0 Å². The Hall–Kier alpha value is -1.31. The predicted octanol–water partition coefficient (Wildman–Crippen LogP) is 2.69. The van der Waals surface area contributed by atoms with Crippen molar-refractivity contribution in [1.82, 2.24) is 4.90 Å². The predicted molar refractivity (Wildman–Crippen MR) is 76.8 cm³/mol. The van der Waals surface area contributed by atoms with Crippen LogP contribution in [0, 0.1) is 11.3 Å². The number of morpholine rings is 1. The van der Waals surface area contributed by atoms with Crippen LogP contribution < -0.4 is 0 Å². The van der Waals surface area contributed by atoms with Crippen molar-refractivity contribution in [2.75, 3.05) is 13.2 Å². The molecule has 23 heavy (non-hydrogen) atoms. The Morgan fingerprint density at radius 3 is 2.35 bits per heavy atom. The van der Waals surface area contributed by atoms with Gasteiger partial charge in [0, 0.05) is 6.54 Å². The zero-order valence-corrected chi connectivity index (χ0v) is 13.8. The summed E-state index contributed by atoms with van der Waals surface area (Å²) in [5, 5.41) is 9.08. The van der Waals surface area contributed by atoms with Crippen molar-refractivity contribution in [3.63, 3.8) is 0 Å². The molecule has 0 radical (unpaired) electrons. The van der Waals surface area contributed by atoms with E-state index in [2.05, 4.69) is 0 Å². The van der Waals surface area contributed by atoms with Crippen LogP contribution in [0.25, 0.3) is 0 Å². The van der Waals surface area contributed by atoms with Gasteiger partial charge in [-0.25, -0.2) is 0 Å². The number of halogens is 3. The summed E-state index contributed by atoms with van der Waals surface area (Å²) in [4.78, 5) is 25.0. The van der Waals surface area contributed by atoms with E-state index in [0.29, 0.717) is 6.42 Å². The van der Waals surface area contributed by atoms with Gasteiger partial charge in [0.15, 0.2) is 6.10 Å². The van der Waals surface area contributed by atoms with Gasteiger partial charge < -0.3 is 14.7 Å². The third kappa shape index (κ3) is 4.83. The molecule has 1 rings (SSSR count). The number of carboxylic acids is 1. The summed E-state index contributed by atoms with van der Waals surface area (Å²) >= 11 is 0. The highest BCUT2D eigenvalue weighted by molar-refractivity contribution is 5.87. The molecule has 0 spiro atoms. The molecule has 0 aromatic heterocycles. The van der Waals surface area contributed by atoms with Gasteiger partial charge in [-0.15, -0.1) is 0 Å². The summed E-state index contributed by atoms with van der Waals surface area (Å²) < 4.78 is 43.7. The quantitative estimate of drug-likeness (QED) is 0.836. The van der Waals surface area contributed by atoms with Crippen molar-refractivity contribution < 1.29 is 32.6 Å². The molecule has 134 valence electrons. The molecule has 1 aliphatic heterocycles. The smallest absolute Gasteiger partial charge is 0.416 e. The van der Waals surface area contributed by atoms with Crippen molar-refractivity contribution in [3.8, 4) is 0 Å². The molecule has 3 atom stereocenters. The number of aliphatic carboxylic acids is 1. The van der Waals surface area contributed by atoms with E-state index >= 15 is 0 Å². The van der Waals surface area contributed by atoms with Gasteiger partial charge in [-0.2, -0.15) is 13.2 Å². The number of hydrogen-bond acceptors (Lipinski definition) is 3. The lowest BCUT2D eigenvalue weighted by Gasteiger charge is -2.44. The van der Waals surface area contributed by atoms with Gasteiger partial charge in [0.25, 0.3) is 0 Å². The minimum Gasteiger partial charge on any atom is -0.481 e. The monoisotopic (exact) mass is 339 g/mol. The van der Waals surface area contributed by atoms with E-state index in [1.54, 1.807) is 0 Å². The third-order valence-corrected chi connectivity index (χ3v) is 4.06. The molecule has 1 N–H and O–H groups in total. The third-order valence-electron chi connectivity index (χ3n) is 4.06. The molecule has 1 fully saturated rings. The second-order valence-corrected chi connectivity index (χ2v) is 6.80. The van der Waals surface area contributed by atoms with Crippen LogP contribution in [-0.4, -0.2) is 53.4 Å². The average Bonchev–Trinajstić information content (AvgIpc) is 2.34. The molecule has 0 aromatic rings. The Labute approximate surface area is 133 Å². The first kappa shape index (κ1) is 19.7. The van der Waals surface area contributed by atoms with E-state index < -0.39 is 42.0 Å². The van der Waals surface area contributed by atoms with E-state index in [1.807, 2.05) is 13.8 Å². The van der Waals surface area contributed by atoms with Crippen LogP contribution >= 0.6 is 0 Å². The number of alkyl halides is 3. The molecule has 5 nitrogen and oxygen atoms in total. The van der Waals surface area contributed by atoms with E-state index in [4.69, 9.17) is 9.84 Å². The number of ether oxygens (including phenoxy) is 1. The fourth-order valence-electron chi connectivity index (χ4n) is 3.26. The van der Waals surface area contributed by atoms with Gasteiger partial charge in [-0.1, -0.05) is 20.8 Å². The van der Waals surface area contributed by atoms with Crippen molar-refractivity contribution in [3.05, 3.63) is 0 Å². The zero-order chi connectivity index (χ0) is 18.0. The minimum absolute atomic E-state index is 0.0277. The van der Waals surface area contributed by atoms with Gasteiger partial charge in [0.2, 0.25) is 5.91 Å². The van der Waals surface area contributed by atoms with Gasteiger partial charge in [-0.3, -0.25) is 9.59 Å². The zero-order valence-electron chi connectivity index (χ0n) is 13.8. The number of carbonyl (C=O) groups excluding carboxylic acids is 1. The number of carbonyl (C=O) groups is 2. The van der Waals surface area contributed by atoms with Crippen LogP contribution in [0.2, 0.25) is 0 Å². The summed E-state index contributed by atoms with van der Waals surface area (Å²) in [6, 6.07) is -1.18. The molecular formula is C15H24F3NO4. The highest BCUT2D eigenvalue weighted by atomic mass is 19.4.